The molecule has 0 spiro atoms. The average molecular weight is 206 g/mol. The number of esters is 1. The van der Waals surface area contributed by atoms with Crippen LogP contribution in [0.3, 0.4) is 0 Å². The summed E-state index contributed by atoms with van der Waals surface area (Å²) in [6.07, 6.45) is 1.60. The molecule has 15 heavy (non-hydrogen) atoms. The lowest BCUT2D eigenvalue weighted by atomic mass is 10.2. The van der Waals surface area contributed by atoms with Crippen LogP contribution in [0.5, 0.6) is 5.75 Å². The molecule has 0 aliphatic carbocycles. The molecule has 1 aromatic rings. The maximum Gasteiger partial charge on any atom is 0.336 e. The molecule has 1 aromatic carbocycles. The molecule has 4 heteroatoms. The second-order valence-corrected chi connectivity index (χ2v) is 2.91. The number of hydrogen-bond donors (Lipinski definition) is 1. The Bertz CT molecular complexity index is 407. The molecule has 1 N–H and O–H groups in total. The van der Waals surface area contributed by atoms with E-state index in [1.165, 1.54) is 0 Å². The third-order valence-corrected chi connectivity index (χ3v) is 1.57. The van der Waals surface area contributed by atoms with Gasteiger partial charge >= 0.3 is 11.9 Å². The van der Waals surface area contributed by atoms with Crippen molar-refractivity contribution in [1.29, 1.82) is 0 Å². The quantitative estimate of drug-likeness (QED) is 0.463. The number of ether oxygens (including phenoxy) is 1. The van der Waals surface area contributed by atoms with Crippen molar-refractivity contribution in [3.63, 3.8) is 0 Å². The molecule has 0 fully saturated rings. The molecule has 1 rings (SSSR count). The summed E-state index contributed by atoms with van der Waals surface area (Å²) in [4.78, 5) is 21.2. The van der Waals surface area contributed by atoms with Crippen LogP contribution in [0.15, 0.2) is 36.4 Å². The summed E-state index contributed by atoms with van der Waals surface area (Å²) in [5.41, 5.74) is 0.961. The Hall–Kier alpha value is -2.10. The molecule has 78 valence electrons. The molecule has 0 amide bonds. The predicted octanol–water partition coefficient (Wildman–Crippen LogP) is 1.54. The van der Waals surface area contributed by atoms with Crippen LogP contribution in [0.4, 0.5) is 0 Å². The first-order valence-corrected chi connectivity index (χ1v) is 4.27. The van der Waals surface area contributed by atoms with Crippen LogP contribution in [-0.4, -0.2) is 17.0 Å². The van der Waals surface area contributed by atoms with E-state index in [1.54, 1.807) is 18.2 Å². The van der Waals surface area contributed by atoms with E-state index in [4.69, 9.17) is 9.84 Å². The molecule has 0 atom stereocenters. The van der Waals surface area contributed by atoms with E-state index >= 15 is 0 Å². The van der Waals surface area contributed by atoms with Gasteiger partial charge in [-0.1, -0.05) is 12.1 Å². The van der Waals surface area contributed by atoms with Crippen molar-refractivity contribution in [1.82, 2.24) is 0 Å². The molecule has 0 saturated carbocycles. The van der Waals surface area contributed by atoms with Crippen molar-refractivity contribution < 1.29 is 19.4 Å². The second-order valence-electron chi connectivity index (χ2n) is 2.91. The van der Waals surface area contributed by atoms with Gasteiger partial charge in [-0.25, -0.2) is 9.59 Å². The molecule has 0 bridgehead atoms. The lowest BCUT2D eigenvalue weighted by molar-refractivity contribution is -0.133. The van der Waals surface area contributed by atoms with E-state index in [0.717, 1.165) is 17.7 Å². The Morgan fingerprint density at radius 1 is 1.33 bits per heavy atom. The van der Waals surface area contributed by atoms with Gasteiger partial charge in [-0.3, -0.25) is 0 Å². The molecule has 0 heterocycles. The Labute approximate surface area is 86.8 Å². The molecular formula is C11H10O4. The molecule has 0 radical (unpaired) electrons. The number of carbonyl (C=O) groups excluding carboxylic acids is 1. The van der Waals surface area contributed by atoms with Gasteiger partial charge in [0.15, 0.2) is 0 Å². The average Bonchev–Trinajstić information content (AvgIpc) is 2.15. The van der Waals surface area contributed by atoms with Crippen molar-refractivity contribution in [2.45, 2.75) is 6.92 Å². The smallest absolute Gasteiger partial charge is 0.336 e. The first-order chi connectivity index (χ1) is 7.08. The molecule has 4 nitrogen and oxygen atoms in total. The lowest BCUT2D eigenvalue weighted by Gasteiger charge is -2.01. The number of rotatable bonds is 3. The summed E-state index contributed by atoms with van der Waals surface area (Å²) in [7, 11) is 0. The monoisotopic (exact) mass is 206 g/mol. The Morgan fingerprint density at radius 3 is 2.67 bits per heavy atom. The molecular weight excluding hydrogens is 196 g/mol. The van der Waals surface area contributed by atoms with Crippen molar-refractivity contribution >= 4 is 11.9 Å². The molecule has 0 aliphatic heterocycles. The topological polar surface area (TPSA) is 63.6 Å². The fourth-order valence-electron chi connectivity index (χ4n) is 0.968. The summed E-state index contributed by atoms with van der Waals surface area (Å²) in [5, 5.41) is 8.28. The zero-order valence-corrected chi connectivity index (χ0v) is 8.14. The van der Waals surface area contributed by atoms with Crippen molar-refractivity contribution in [3.8, 4) is 5.75 Å². The SMILES string of the molecule is Cc1cccc(OC(=O)/C=C/C(=O)O)c1. The summed E-state index contributed by atoms with van der Waals surface area (Å²) < 4.78 is 4.86. The van der Waals surface area contributed by atoms with Gasteiger partial charge in [0.1, 0.15) is 5.75 Å². The van der Waals surface area contributed by atoms with E-state index in [9.17, 15) is 9.59 Å². The van der Waals surface area contributed by atoms with Gasteiger partial charge in [0.05, 0.1) is 0 Å². The molecule has 0 saturated heterocycles. The standard InChI is InChI=1S/C11H10O4/c1-8-3-2-4-9(7-8)15-11(14)6-5-10(12)13/h2-7H,1H3,(H,12,13)/b6-5+. The second kappa shape index (κ2) is 4.95. The fourth-order valence-corrected chi connectivity index (χ4v) is 0.968. The lowest BCUT2D eigenvalue weighted by Crippen LogP contribution is -2.04. The van der Waals surface area contributed by atoms with Gasteiger partial charge in [0, 0.05) is 12.2 Å². The third-order valence-electron chi connectivity index (χ3n) is 1.57. The minimum absolute atomic E-state index is 0.398. The van der Waals surface area contributed by atoms with Crippen LogP contribution in [0.25, 0.3) is 0 Å². The number of carboxylic acid groups (broad SMARTS) is 1. The van der Waals surface area contributed by atoms with Crippen molar-refractivity contribution in [3.05, 3.63) is 42.0 Å². The van der Waals surface area contributed by atoms with Crippen LogP contribution < -0.4 is 4.74 Å². The van der Waals surface area contributed by atoms with Crippen molar-refractivity contribution in [2.75, 3.05) is 0 Å². The molecule has 0 aromatic heterocycles. The van der Waals surface area contributed by atoms with E-state index in [2.05, 4.69) is 0 Å². The zero-order valence-electron chi connectivity index (χ0n) is 8.14. The highest BCUT2D eigenvalue weighted by molar-refractivity contribution is 5.91. The van der Waals surface area contributed by atoms with Gasteiger partial charge in [-0.05, 0) is 24.6 Å². The van der Waals surface area contributed by atoms with Crippen LogP contribution >= 0.6 is 0 Å². The highest BCUT2D eigenvalue weighted by Gasteiger charge is 2.00. The van der Waals surface area contributed by atoms with E-state index in [-0.39, 0.29) is 0 Å². The normalized spacial score (nSPS) is 10.2. The maximum absolute atomic E-state index is 11.1. The van der Waals surface area contributed by atoms with Crippen LogP contribution in [0.2, 0.25) is 0 Å². The number of carbonyl (C=O) groups is 2. The van der Waals surface area contributed by atoms with Gasteiger partial charge in [-0.15, -0.1) is 0 Å². The minimum Gasteiger partial charge on any atom is -0.478 e. The number of aliphatic carboxylic acids is 1. The summed E-state index contributed by atoms with van der Waals surface area (Å²) in [6.45, 7) is 1.87. The first kappa shape index (κ1) is 11.0. The van der Waals surface area contributed by atoms with Gasteiger partial charge < -0.3 is 9.84 Å². The van der Waals surface area contributed by atoms with Gasteiger partial charge in [0.2, 0.25) is 0 Å². The predicted molar refractivity (Wildman–Crippen MR) is 53.6 cm³/mol. The third kappa shape index (κ3) is 4.08. The van der Waals surface area contributed by atoms with Crippen LogP contribution in [0.1, 0.15) is 5.56 Å². The molecule has 0 unspecified atom stereocenters. The van der Waals surface area contributed by atoms with Crippen LogP contribution in [0, 0.1) is 6.92 Å². The minimum atomic E-state index is -1.18. The number of carboxylic acids is 1. The van der Waals surface area contributed by atoms with Crippen molar-refractivity contribution in [2.24, 2.45) is 0 Å². The highest BCUT2D eigenvalue weighted by Crippen LogP contribution is 2.12. The summed E-state index contributed by atoms with van der Waals surface area (Å²) >= 11 is 0. The van der Waals surface area contributed by atoms with E-state index in [0.29, 0.717) is 5.75 Å². The van der Waals surface area contributed by atoms with Crippen LogP contribution in [-0.2, 0) is 9.59 Å². The zero-order chi connectivity index (χ0) is 11.3. The summed E-state index contributed by atoms with van der Waals surface area (Å²) in [6, 6.07) is 6.93. The Balaban J connectivity index is 2.63. The largest absolute Gasteiger partial charge is 0.478 e. The van der Waals surface area contributed by atoms with Gasteiger partial charge in [-0.2, -0.15) is 0 Å². The Morgan fingerprint density at radius 2 is 2.07 bits per heavy atom. The van der Waals surface area contributed by atoms with Gasteiger partial charge in [0.25, 0.3) is 0 Å². The molecule has 0 aliphatic rings. The fraction of sp³-hybridized carbons (Fsp3) is 0.0909. The van der Waals surface area contributed by atoms with E-state index in [1.807, 2.05) is 13.0 Å². The highest BCUT2D eigenvalue weighted by atomic mass is 16.5. The first-order valence-electron chi connectivity index (χ1n) is 4.27. The Kier molecular flexibility index (Phi) is 3.62. The maximum atomic E-state index is 11.1. The van der Waals surface area contributed by atoms with E-state index < -0.39 is 11.9 Å². The number of benzene rings is 1. The number of hydrogen-bond acceptors (Lipinski definition) is 3. The number of aryl methyl sites for hydroxylation is 1. The summed E-state index contributed by atoms with van der Waals surface area (Å²) in [5.74, 6) is -1.49.